The summed E-state index contributed by atoms with van der Waals surface area (Å²) in [6.07, 6.45) is 3.63. The number of carbonyl (C=O) groups excluding carboxylic acids is 1. The first-order valence-corrected chi connectivity index (χ1v) is 12.1. The number of pyridine rings is 1. The van der Waals surface area contributed by atoms with Crippen LogP contribution in [0.3, 0.4) is 0 Å². The molecule has 0 radical (unpaired) electrons. The third kappa shape index (κ3) is 5.81. The zero-order chi connectivity index (χ0) is 24.4. The second-order valence-corrected chi connectivity index (χ2v) is 9.39. The summed E-state index contributed by atoms with van der Waals surface area (Å²) in [5, 5.41) is 11.2. The summed E-state index contributed by atoms with van der Waals surface area (Å²) < 4.78 is 33.6. The van der Waals surface area contributed by atoms with Crippen molar-refractivity contribution < 1.29 is 53.0 Å². The van der Waals surface area contributed by atoms with E-state index in [9.17, 15) is 18.7 Å². The molecular formula is C28H20F2NNaO3S. The topological polar surface area (TPSA) is 62.2 Å². The predicted octanol–water partition coefficient (Wildman–Crippen LogP) is 2.54. The molecule has 0 saturated carbocycles. The molecule has 1 unspecified atom stereocenters. The molecule has 0 spiro atoms. The van der Waals surface area contributed by atoms with Crippen LogP contribution in [0, 0.1) is 11.6 Å². The number of rotatable bonds is 6. The number of hydrogen-bond donors (Lipinski definition) is 0. The normalized spacial score (nSPS) is 14.4. The van der Waals surface area contributed by atoms with Crippen LogP contribution in [-0.4, -0.2) is 16.7 Å². The zero-order valence-corrected chi connectivity index (χ0v) is 22.4. The van der Waals surface area contributed by atoms with Gasteiger partial charge in [-0.25, -0.2) is 13.8 Å². The molecule has 0 amide bonds. The van der Waals surface area contributed by atoms with E-state index in [2.05, 4.69) is 4.98 Å². The number of carboxylic acid groups (broad SMARTS) is 1. The smallest absolute Gasteiger partial charge is 0.550 e. The van der Waals surface area contributed by atoms with E-state index in [0.717, 1.165) is 34.1 Å². The number of aliphatic carboxylic acids is 1. The number of hydrogen-bond acceptors (Lipinski definition) is 5. The zero-order valence-electron chi connectivity index (χ0n) is 19.5. The molecule has 1 atom stereocenters. The molecule has 36 heavy (non-hydrogen) atoms. The van der Waals surface area contributed by atoms with Gasteiger partial charge < -0.3 is 14.6 Å². The quantitative estimate of drug-likeness (QED) is 0.373. The third-order valence-corrected chi connectivity index (χ3v) is 7.10. The van der Waals surface area contributed by atoms with Crippen molar-refractivity contribution in [2.24, 2.45) is 0 Å². The second kappa shape index (κ2) is 11.6. The van der Waals surface area contributed by atoms with E-state index in [1.807, 2.05) is 48.5 Å². The summed E-state index contributed by atoms with van der Waals surface area (Å²) in [5.41, 5.74) is 4.82. The molecule has 3 aromatic carbocycles. The Hall–Kier alpha value is -2.71. The van der Waals surface area contributed by atoms with Crippen molar-refractivity contribution in [2.75, 3.05) is 5.75 Å². The molecule has 8 heteroatoms. The van der Waals surface area contributed by atoms with E-state index in [1.54, 1.807) is 30.0 Å². The standard InChI is InChI=1S/C28H21F2NO3S.Na/c29-19-14-24(30)22-9-8-20(31-25(22)15-19)7-5-17-6-10-26-23(13-17)28(35-12-11-27(32)33)21-4-2-1-3-18(21)16-34-26;/h1-10,13-15,28H,11-12,16H2,(H,32,33);/q;+1/p-1/b7-5+;. The van der Waals surface area contributed by atoms with Crippen LogP contribution >= 0.6 is 11.8 Å². The molecular weight excluding hydrogens is 491 g/mol. The number of carboxylic acids is 1. The Morgan fingerprint density at radius 1 is 1.06 bits per heavy atom. The van der Waals surface area contributed by atoms with Crippen LogP contribution in [0.25, 0.3) is 23.1 Å². The first-order valence-electron chi connectivity index (χ1n) is 11.1. The Morgan fingerprint density at radius 3 is 2.72 bits per heavy atom. The van der Waals surface area contributed by atoms with Gasteiger partial charge in [0.15, 0.2) is 0 Å². The van der Waals surface area contributed by atoms with Crippen molar-refractivity contribution in [2.45, 2.75) is 18.3 Å². The number of benzene rings is 3. The van der Waals surface area contributed by atoms with Crippen LogP contribution < -0.4 is 39.4 Å². The summed E-state index contributed by atoms with van der Waals surface area (Å²) in [5.74, 6) is -1.22. The number of nitrogens with zero attached hydrogens (tertiary/aromatic N) is 1. The van der Waals surface area contributed by atoms with Gasteiger partial charge in [-0.3, -0.25) is 0 Å². The molecule has 1 aliphatic rings. The maximum Gasteiger partial charge on any atom is 1.00 e. The maximum absolute atomic E-state index is 14.0. The Balaban J connectivity index is 0.00000304. The molecule has 4 aromatic rings. The van der Waals surface area contributed by atoms with Crippen molar-refractivity contribution in [3.63, 3.8) is 0 Å². The third-order valence-electron chi connectivity index (χ3n) is 5.82. The summed E-state index contributed by atoms with van der Waals surface area (Å²) in [7, 11) is 0. The molecule has 0 N–H and O–H groups in total. The van der Waals surface area contributed by atoms with Crippen molar-refractivity contribution in [3.8, 4) is 5.75 Å². The van der Waals surface area contributed by atoms with Gasteiger partial charge in [-0.2, -0.15) is 0 Å². The molecule has 0 saturated heterocycles. The van der Waals surface area contributed by atoms with Crippen LogP contribution in [0.4, 0.5) is 8.78 Å². The molecule has 5 rings (SSSR count). The second-order valence-electron chi connectivity index (χ2n) is 8.18. The summed E-state index contributed by atoms with van der Waals surface area (Å²) >= 11 is 1.54. The van der Waals surface area contributed by atoms with Crippen LogP contribution in [-0.2, 0) is 11.4 Å². The van der Waals surface area contributed by atoms with Gasteiger partial charge in [0.25, 0.3) is 0 Å². The largest absolute Gasteiger partial charge is 1.00 e. The fraction of sp³-hybridized carbons (Fsp3) is 0.143. The molecule has 176 valence electrons. The Morgan fingerprint density at radius 2 is 1.89 bits per heavy atom. The average molecular weight is 512 g/mol. The molecule has 0 bridgehead atoms. The number of fused-ring (bicyclic) bond motifs is 3. The van der Waals surface area contributed by atoms with Crippen LogP contribution in [0.2, 0.25) is 0 Å². The minimum absolute atomic E-state index is 0. The molecule has 1 aliphatic heterocycles. The van der Waals surface area contributed by atoms with E-state index in [4.69, 9.17) is 4.74 Å². The SMILES string of the molecule is O=C([O-])CCSC1c2ccccc2COc2ccc(/C=C/c3ccc4c(F)cc(F)cc4n3)cc21.[Na+]. The minimum atomic E-state index is -1.07. The van der Waals surface area contributed by atoms with Gasteiger partial charge in [0.2, 0.25) is 0 Å². The van der Waals surface area contributed by atoms with E-state index in [1.165, 1.54) is 6.07 Å². The Kier molecular flexibility index (Phi) is 8.46. The summed E-state index contributed by atoms with van der Waals surface area (Å²) in [6, 6.07) is 19.2. The van der Waals surface area contributed by atoms with Crippen LogP contribution in [0.15, 0.2) is 66.7 Å². The van der Waals surface area contributed by atoms with Crippen LogP contribution in [0.5, 0.6) is 5.75 Å². The van der Waals surface area contributed by atoms with E-state index >= 15 is 0 Å². The van der Waals surface area contributed by atoms with Gasteiger partial charge in [-0.05, 0) is 59.2 Å². The van der Waals surface area contributed by atoms with Gasteiger partial charge >= 0.3 is 29.6 Å². The molecule has 0 fully saturated rings. The Bertz CT molecular complexity index is 1460. The molecule has 2 heterocycles. The first kappa shape index (κ1) is 26.4. The van der Waals surface area contributed by atoms with E-state index in [-0.39, 0.29) is 52.1 Å². The number of thioether (sulfide) groups is 1. The fourth-order valence-electron chi connectivity index (χ4n) is 4.14. The Labute approximate surface area is 233 Å². The number of aromatic nitrogens is 1. The van der Waals surface area contributed by atoms with Crippen LogP contribution in [0.1, 0.15) is 39.6 Å². The van der Waals surface area contributed by atoms with E-state index in [0.29, 0.717) is 18.1 Å². The van der Waals surface area contributed by atoms with Crippen molar-refractivity contribution in [1.29, 1.82) is 0 Å². The summed E-state index contributed by atoms with van der Waals surface area (Å²) in [6.45, 7) is 0.435. The number of halogens is 2. The number of ether oxygens (including phenoxy) is 1. The van der Waals surface area contributed by atoms with Gasteiger partial charge in [-0.1, -0.05) is 36.4 Å². The fourth-order valence-corrected chi connectivity index (χ4v) is 5.43. The average Bonchev–Trinajstić information content (AvgIpc) is 2.99. The molecule has 0 aliphatic carbocycles. The van der Waals surface area contributed by atoms with Gasteiger partial charge in [-0.15, -0.1) is 11.8 Å². The minimum Gasteiger partial charge on any atom is -0.550 e. The van der Waals surface area contributed by atoms with Crippen molar-refractivity contribution in [3.05, 3.63) is 106 Å². The van der Waals surface area contributed by atoms with Crippen molar-refractivity contribution >= 4 is 40.8 Å². The molecule has 4 nitrogen and oxygen atoms in total. The maximum atomic E-state index is 14.0. The summed E-state index contributed by atoms with van der Waals surface area (Å²) in [4.78, 5) is 15.3. The van der Waals surface area contributed by atoms with Gasteiger partial charge in [0.1, 0.15) is 24.0 Å². The first-order chi connectivity index (χ1) is 17.0. The number of carbonyl (C=O) groups is 1. The van der Waals surface area contributed by atoms with E-state index < -0.39 is 17.6 Å². The van der Waals surface area contributed by atoms with Gasteiger partial charge in [0, 0.05) is 29.1 Å². The van der Waals surface area contributed by atoms with Crippen molar-refractivity contribution in [1.82, 2.24) is 4.98 Å². The predicted molar refractivity (Wildman–Crippen MR) is 132 cm³/mol. The monoisotopic (exact) mass is 511 g/mol. The molecule has 1 aromatic heterocycles. The van der Waals surface area contributed by atoms with Gasteiger partial charge in [0.05, 0.1) is 16.5 Å².